The number of rotatable bonds is 4. The fraction of sp³-hybridized carbons (Fsp3) is 0.267. The van der Waals surface area contributed by atoms with Crippen molar-refractivity contribution in [3.63, 3.8) is 0 Å². The summed E-state index contributed by atoms with van der Waals surface area (Å²) in [5.41, 5.74) is -2.93. The molecule has 0 aliphatic carbocycles. The van der Waals surface area contributed by atoms with E-state index in [1.165, 1.54) is 18.3 Å². The molecule has 23 heavy (non-hydrogen) atoms. The number of carbonyl (C=O) groups is 1. The van der Waals surface area contributed by atoms with Gasteiger partial charge >= 0.3 is 6.18 Å². The van der Waals surface area contributed by atoms with Gasteiger partial charge in [0, 0.05) is 0 Å². The number of benzene rings is 1. The summed E-state index contributed by atoms with van der Waals surface area (Å²) in [6, 6.07) is 3.47. The SMILES string of the molecule is C[C@](O)(CNC(=O)c1ccc(F)cc1C(F)(F)F)c1ccsc1. The van der Waals surface area contributed by atoms with Gasteiger partial charge in [0.1, 0.15) is 11.4 Å². The Bertz CT molecular complexity index is 696. The third-order valence-electron chi connectivity index (χ3n) is 3.27. The van der Waals surface area contributed by atoms with Gasteiger partial charge in [-0.3, -0.25) is 4.79 Å². The zero-order chi connectivity index (χ0) is 17.3. The standard InChI is InChI=1S/C15H13F4NO2S/c1-14(22,9-4-5-23-7-9)8-20-13(21)11-3-2-10(16)6-12(11)15(17,18)19/h2-7,22H,8H2,1H3,(H,20,21)/t14-/m0/s1. The van der Waals surface area contributed by atoms with E-state index in [9.17, 15) is 27.5 Å². The average molecular weight is 347 g/mol. The van der Waals surface area contributed by atoms with Gasteiger partial charge in [0.2, 0.25) is 0 Å². The van der Waals surface area contributed by atoms with Gasteiger partial charge in [-0.2, -0.15) is 24.5 Å². The second kappa shape index (κ2) is 6.29. The highest BCUT2D eigenvalue weighted by Crippen LogP contribution is 2.32. The average Bonchev–Trinajstić information content (AvgIpc) is 2.99. The van der Waals surface area contributed by atoms with Crippen LogP contribution >= 0.6 is 11.3 Å². The van der Waals surface area contributed by atoms with Gasteiger partial charge in [0.25, 0.3) is 5.91 Å². The lowest BCUT2D eigenvalue weighted by Crippen LogP contribution is -2.39. The molecule has 124 valence electrons. The zero-order valence-corrected chi connectivity index (χ0v) is 12.8. The van der Waals surface area contributed by atoms with Gasteiger partial charge in [-0.1, -0.05) is 0 Å². The van der Waals surface area contributed by atoms with Crippen LogP contribution in [-0.4, -0.2) is 17.6 Å². The maximum absolute atomic E-state index is 13.0. The van der Waals surface area contributed by atoms with Gasteiger partial charge in [-0.05, 0) is 47.5 Å². The number of nitrogens with one attached hydrogen (secondary N) is 1. The van der Waals surface area contributed by atoms with E-state index in [-0.39, 0.29) is 12.6 Å². The molecular weight excluding hydrogens is 334 g/mol. The molecule has 1 aromatic heterocycles. The third kappa shape index (κ3) is 4.08. The molecule has 8 heteroatoms. The Balaban J connectivity index is 2.19. The molecular formula is C15H13F4NO2S. The first-order valence-corrected chi connectivity index (χ1v) is 7.45. The number of alkyl halides is 3. The highest BCUT2D eigenvalue weighted by molar-refractivity contribution is 7.08. The lowest BCUT2D eigenvalue weighted by Gasteiger charge is -2.23. The van der Waals surface area contributed by atoms with Crippen LogP contribution in [0.4, 0.5) is 17.6 Å². The van der Waals surface area contributed by atoms with Crippen molar-refractivity contribution in [2.45, 2.75) is 18.7 Å². The van der Waals surface area contributed by atoms with Crippen molar-refractivity contribution in [3.8, 4) is 0 Å². The van der Waals surface area contributed by atoms with Gasteiger partial charge in [-0.25, -0.2) is 4.39 Å². The lowest BCUT2D eigenvalue weighted by atomic mass is 9.99. The van der Waals surface area contributed by atoms with Crippen molar-refractivity contribution in [1.29, 1.82) is 0 Å². The molecule has 0 saturated carbocycles. The summed E-state index contributed by atoms with van der Waals surface area (Å²) in [5, 5.41) is 15.9. The maximum Gasteiger partial charge on any atom is 0.417 e. The molecule has 2 rings (SSSR count). The maximum atomic E-state index is 13.0. The summed E-state index contributed by atoms with van der Waals surface area (Å²) in [6.07, 6.45) is -4.86. The molecule has 0 bridgehead atoms. The second-order valence-corrected chi connectivity index (χ2v) is 5.94. The number of amides is 1. The van der Waals surface area contributed by atoms with E-state index in [2.05, 4.69) is 5.32 Å². The minimum Gasteiger partial charge on any atom is -0.384 e. The molecule has 0 unspecified atom stereocenters. The largest absolute Gasteiger partial charge is 0.417 e. The summed E-state index contributed by atoms with van der Waals surface area (Å²) in [7, 11) is 0. The Labute approximate surface area is 133 Å². The Morgan fingerprint density at radius 2 is 2.00 bits per heavy atom. The summed E-state index contributed by atoms with van der Waals surface area (Å²) < 4.78 is 51.7. The summed E-state index contributed by atoms with van der Waals surface area (Å²) in [5.74, 6) is -2.12. The first kappa shape index (κ1) is 17.4. The number of halogens is 4. The molecule has 1 atom stereocenters. The highest BCUT2D eigenvalue weighted by atomic mass is 32.1. The normalized spacial score (nSPS) is 14.3. The van der Waals surface area contributed by atoms with Crippen molar-refractivity contribution >= 4 is 17.2 Å². The monoisotopic (exact) mass is 347 g/mol. The van der Waals surface area contributed by atoms with Crippen molar-refractivity contribution in [1.82, 2.24) is 5.32 Å². The molecule has 1 aromatic carbocycles. The molecule has 3 nitrogen and oxygen atoms in total. The van der Waals surface area contributed by atoms with Crippen LogP contribution in [0, 0.1) is 5.82 Å². The first-order valence-electron chi connectivity index (χ1n) is 6.51. The molecule has 1 heterocycles. The van der Waals surface area contributed by atoms with E-state index < -0.39 is 34.6 Å². The number of hydrogen-bond donors (Lipinski definition) is 2. The van der Waals surface area contributed by atoms with E-state index >= 15 is 0 Å². The Morgan fingerprint density at radius 3 is 2.57 bits per heavy atom. The van der Waals surface area contributed by atoms with Gasteiger partial charge in [0.15, 0.2) is 0 Å². The van der Waals surface area contributed by atoms with Crippen LogP contribution in [0.1, 0.15) is 28.4 Å². The molecule has 0 aliphatic heterocycles. The van der Waals surface area contributed by atoms with Gasteiger partial charge < -0.3 is 10.4 Å². The van der Waals surface area contributed by atoms with E-state index in [1.54, 1.807) is 16.8 Å². The summed E-state index contributed by atoms with van der Waals surface area (Å²) in [6.45, 7) is 1.15. The first-order chi connectivity index (χ1) is 10.6. The topological polar surface area (TPSA) is 49.3 Å². The Morgan fingerprint density at radius 1 is 1.30 bits per heavy atom. The summed E-state index contributed by atoms with van der Waals surface area (Å²) in [4.78, 5) is 12.0. The molecule has 0 radical (unpaired) electrons. The molecule has 0 fully saturated rings. The number of thiophene rings is 1. The van der Waals surface area contributed by atoms with E-state index in [0.717, 1.165) is 12.1 Å². The molecule has 1 amide bonds. The third-order valence-corrected chi connectivity index (χ3v) is 3.95. The molecule has 2 N–H and O–H groups in total. The Kier molecular flexibility index (Phi) is 4.76. The minimum absolute atomic E-state index is 0.270. The van der Waals surface area contributed by atoms with Crippen LogP contribution in [0.3, 0.4) is 0 Å². The molecule has 0 saturated heterocycles. The van der Waals surface area contributed by atoms with Gasteiger partial charge in [0.05, 0.1) is 17.7 Å². The molecule has 2 aromatic rings. The molecule has 0 spiro atoms. The Hall–Kier alpha value is -1.93. The second-order valence-electron chi connectivity index (χ2n) is 5.16. The van der Waals surface area contributed by atoms with Crippen molar-refractivity contribution in [2.75, 3.05) is 6.54 Å². The fourth-order valence-electron chi connectivity index (χ4n) is 1.97. The number of aliphatic hydroxyl groups is 1. The van der Waals surface area contributed by atoms with Crippen LogP contribution in [-0.2, 0) is 11.8 Å². The van der Waals surface area contributed by atoms with Crippen LogP contribution in [0.25, 0.3) is 0 Å². The van der Waals surface area contributed by atoms with Crippen molar-refractivity contribution < 1.29 is 27.5 Å². The lowest BCUT2D eigenvalue weighted by molar-refractivity contribution is -0.138. The predicted molar refractivity (Wildman–Crippen MR) is 77.6 cm³/mol. The van der Waals surface area contributed by atoms with Crippen LogP contribution in [0.2, 0.25) is 0 Å². The smallest absolute Gasteiger partial charge is 0.384 e. The number of hydrogen-bond acceptors (Lipinski definition) is 3. The quantitative estimate of drug-likeness (QED) is 0.831. The van der Waals surface area contributed by atoms with Crippen LogP contribution < -0.4 is 5.32 Å². The van der Waals surface area contributed by atoms with E-state index in [4.69, 9.17) is 0 Å². The summed E-state index contributed by atoms with van der Waals surface area (Å²) >= 11 is 1.34. The fourth-order valence-corrected chi connectivity index (χ4v) is 2.75. The van der Waals surface area contributed by atoms with E-state index in [0.29, 0.717) is 5.56 Å². The molecule has 0 aliphatic rings. The van der Waals surface area contributed by atoms with Crippen molar-refractivity contribution in [2.24, 2.45) is 0 Å². The number of carbonyl (C=O) groups excluding carboxylic acids is 1. The highest BCUT2D eigenvalue weighted by Gasteiger charge is 2.36. The van der Waals surface area contributed by atoms with E-state index in [1.807, 2.05) is 0 Å². The van der Waals surface area contributed by atoms with Crippen molar-refractivity contribution in [3.05, 3.63) is 57.5 Å². The van der Waals surface area contributed by atoms with Crippen LogP contribution in [0.15, 0.2) is 35.0 Å². The minimum atomic E-state index is -4.86. The predicted octanol–water partition coefficient (Wildman–Crippen LogP) is 3.54. The van der Waals surface area contributed by atoms with Crippen LogP contribution in [0.5, 0.6) is 0 Å². The van der Waals surface area contributed by atoms with Gasteiger partial charge in [-0.15, -0.1) is 0 Å². The zero-order valence-electron chi connectivity index (χ0n) is 11.9.